The summed E-state index contributed by atoms with van der Waals surface area (Å²) in [5.74, 6) is 0.528. The van der Waals surface area contributed by atoms with Crippen molar-refractivity contribution in [1.82, 2.24) is 14.8 Å². The first-order valence-electron chi connectivity index (χ1n) is 10.3. The Morgan fingerprint density at radius 2 is 1.79 bits per heavy atom. The molecule has 5 heteroatoms. The number of amides is 1. The van der Waals surface area contributed by atoms with Crippen LogP contribution < -0.4 is 0 Å². The van der Waals surface area contributed by atoms with Crippen molar-refractivity contribution < 1.29 is 9.18 Å². The summed E-state index contributed by atoms with van der Waals surface area (Å²) < 4.78 is 13.2. The standard InChI is InChI=1S/C23H28FN3O/c1-26-14-11-18(12-15-26)23(28)27-13-3-4-19(16-27)22-6-2-5-21(25-22)17-7-9-20(24)10-8-17/h2,5-10,18-19H,3-4,11-16H2,1H3. The van der Waals surface area contributed by atoms with Crippen molar-refractivity contribution in [1.29, 1.82) is 0 Å². The lowest BCUT2D eigenvalue weighted by atomic mass is 9.90. The van der Waals surface area contributed by atoms with Crippen molar-refractivity contribution in [3.05, 3.63) is 54.0 Å². The Kier molecular flexibility index (Phi) is 5.72. The number of halogens is 1. The van der Waals surface area contributed by atoms with Crippen molar-refractivity contribution >= 4 is 5.91 Å². The third-order valence-corrected chi connectivity index (χ3v) is 6.13. The van der Waals surface area contributed by atoms with Crippen LogP contribution in [0.4, 0.5) is 4.39 Å². The van der Waals surface area contributed by atoms with Gasteiger partial charge in [0.25, 0.3) is 0 Å². The minimum atomic E-state index is -0.241. The van der Waals surface area contributed by atoms with Gasteiger partial charge in [-0.25, -0.2) is 4.39 Å². The fourth-order valence-electron chi connectivity index (χ4n) is 4.39. The topological polar surface area (TPSA) is 36.4 Å². The van der Waals surface area contributed by atoms with E-state index in [-0.39, 0.29) is 17.7 Å². The second-order valence-electron chi connectivity index (χ2n) is 8.16. The van der Waals surface area contributed by atoms with Crippen molar-refractivity contribution in [3.63, 3.8) is 0 Å². The smallest absolute Gasteiger partial charge is 0.225 e. The first kappa shape index (κ1) is 19.1. The molecule has 0 radical (unpaired) electrons. The Balaban J connectivity index is 1.46. The molecule has 1 aromatic heterocycles. The summed E-state index contributed by atoms with van der Waals surface area (Å²) in [4.78, 5) is 22.2. The summed E-state index contributed by atoms with van der Waals surface area (Å²) in [6.07, 6.45) is 4.01. The third kappa shape index (κ3) is 4.25. The van der Waals surface area contributed by atoms with Gasteiger partial charge in [-0.2, -0.15) is 0 Å². The van der Waals surface area contributed by atoms with Gasteiger partial charge in [-0.15, -0.1) is 0 Å². The fourth-order valence-corrected chi connectivity index (χ4v) is 4.39. The molecule has 2 aliphatic heterocycles. The summed E-state index contributed by atoms with van der Waals surface area (Å²) in [5, 5.41) is 0. The average molecular weight is 381 g/mol. The molecular weight excluding hydrogens is 353 g/mol. The molecule has 2 aliphatic rings. The van der Waals surface area contributed by atoms with Gasteiger partial charge in [0.05, 0.1) is 5.69 Å². The summed E-state index contributed by atoms with van der Waals surface area (Å²) in [7, 11) is 2.12. The first-order chi connectivity index (χ1) is 13.6. The van der Waals surface area contributed by atoms with E-state index in [2.05, 4.69) is 22.9 Å². The first-order valence-corrected chi connectivity index (χ1v) is 10.3. The number of rotatable bonds is 3. The van der Waals surface area contributed by atoms with Crippen LogP contribution in [0, 0.1) is 11.7 Å². The highest BCUT2D eigenvalue weighted by molar-refractivity contribution is 5.79. The number of pyridine rings is 1. The van der Waals surface area contributed by atoms with Gasteiger partial charge in [0.15, 0.2) is 0 Å². The number of piperidine rings is 2. The number of hydrogen-bond acceptors (Lipinski definition) is 3. The van der Waals surface area contributed by atoms with Crippen LogP contribution in [0.1, 0.15) is 37.3 Å². The van der Waals surface area contributed by atoms with Gasteiger partial charge in [0, 0.05) is 36.2 Å². The van der Waals surface area contributed by atoms with E-state index in [4.69, 9.17) is 4.98 Å². The van der Waals surface area contributed by atoms with E-state index in [1.165, 1.54) is 12.1 Å². The number of benzene rings is 1. The second-order valence-corrected chi connectivity index (χ2v) is 8.16. The molecule has 4 nitrogen and oxygen atoms in total. The predicted molar refractivity (Wildman–Crippen MR) is 108 cm³/mol. The van der Waals surface area contributed by atoms with Crippen molar-refractivity contribution in [2.24, 2.45) is 5.92 Å². The van der Waals surface area contributed by atoms with E-state index in [1.54, 1.807) is 12.1 Å². The van der Waals surface area contributed by atoms with E-state index in [0.29, 0.717) is 5.91 Å². The van der Waals surface area contributed by atoms with E-state index >= 15 is 0 Å². The number of nitrogens with zero attached hydrogens (tertiary/aromatic N) is 3. The van der Waals surface area contributed by atoms with E-state index in [0.717, 1.165) is 68.8 Å². The van der Waals surface area contributed by atoms with Crippen LogP contribution >= 0.6 is 0 Å². The van der Waals surface area contributed by atoms with Crippen LogP contribution in [0.25, 0.3) is 11.3 Å². The van der Waals surface area contributed by atoms with Gasteiger partial charge in [0.1, 0.15) is 5.82 Å². The molecule has 4 rings (SSSR count). The SMILES string of the molecule is CN1CCC(C(=O)N2CCCC(c3cccc(-c4ccc(F)cc4)n3)C2)CC1. The molecule has 0 N–H and O–H groups in total. The molecule has 1 amide bonds. The molecule has 0 spiro atoms. The monoisotopic (exact) mass is 381 g/mol. The number of carbonyl (C=O) groups is 1. The van der Waals surface area contributed by atoms with Crippen LogP contribution in [0.5, 0.6) is 0 Å². The summed E-state index contributed by atoms with van der Waals surface area (Å²) >= 11 is 0. The zero-order valence-electron chi connectivity index (χ0n) is 16.5. The second kappa shape index (κ2) is 8.39. The molecule has 28 heavy (non-hydrogen) atoms. The van der Waals surface area contributed by atoms with E-state index in [1.807, 2.05) is 12.1 Å². The number of likely N-dealkylation sites (tertiary alicyclic amines) is 2. The van der Waals surface area contributed by atoms with Gasteiger partial charge in [0.2, 0.25) is 5.91 Å². The molecule has 2 aromatic rings. The summed E-state index contributed by atoms with van der Waals surface area (Å²) in [5.41, 5.74) is 2.80. The minimum absolute atomic E-state index is 0.174. The molecule has 0 aliphatic carbocycles. The van der Waals surface area contributed by atoms with Gasteiger partial charge >= 0.3 is 0 Å². The minimum Gasteiger partial charge on any atom is -0.342 e. The largest absolute Gasteiger partial charge is 0.342 e. The average Bonchev–Trinajstić information content (AvgIpc) is 2.74. The lowest BCUT2D eigenvalue weighted by Gasteiger charge is -2.37. The molecule has 3 heterocycles. The zero-order valence-corrected chi connectivity index (χ0v) is 16.5. The highest BCUT2D eigenvalue weighted by Crippen LogP contribution is 2.29. The van der Waals surface area contributed by atoms with Crippen LogP contribution in [0.15, 0.2) is 42.5 Å². The van der Waals surface area contributed by atoms with Gasteiger partial charge in [-0.1, -0.05) is 6.07 Å². The molecule has 1 aromatic carbocycles. The molecule has 1 unspecified atom stereocenters. The Bertz CT molecular complexity index is 815. The number of aromatic nitrogens is 1. The Labute approximate surface area is 166 Å². The van der Waals surface area contributed by atoms with E-state index in [9.17, 15) is 9.18 Å². The summed E-state index contributed by atoms with van der Waals surface area (Å²) in [6, 6.07) is 12.5. The normalized spacial score (nSPS) is 21.6. The lowest BCUT2D eigenvalue weighted by Crippen LogP contribution is -2.45. The molecule has 2 fully saturated rings. The molecule has 0 bridgehead atoms. The molecule has 2 saturated heterocycles. The van der Waals surface area contributed by atoms with Crippen LogP contribution in [0.2, 0.25) is 0 Å². The van der Waals surface area contributed by atoms with E-state index < -0.39 is 0 Å². The maximum absolute atomic E-state index is 13.2. The fraction of sp³-hybridized carbons (Fsp3) is 0.478. The number of hydrogen-bond donors (Lipinski definition) is 0. The number of carbonyl (C=O) groups excluding carboxylic acids is 1. The zero-order chi connectivity index (χ0) is 19.5. The van der Waals surface area contributed by atoms with Crippen LogP contribution in [0.3, 0.4) is 0 Å². The van der Waals surface area contributed by atoms with Crippen LogP contribution in [-0.4, -0.2) is 53.9 Å². The Morgan fingerprint density at radius 1 is 1.04 bits per heavy atom. The molecule has 148 valence electrons. The predicted octanol–water partition coefficient (Wildman–Crippen LogP) is 3.94. The maximum Gasteiger partial charge on any atom is 0.225 e. The van der Waals surface area contributed by atoms with Crippen molar-refractivity contribution in [3.8, 4) is 11.3 Å². The quantitative estimate of drug-likeness (QED) is 0.808. The van der Waals surface area contributed by atoms with Gasteiger partial charge in [-0.05, 0) is 82.2 Å². The van der Waals surface area contributed by atoms with Gasteiger partial charge in [-0.3, -0.25) is 9.78 Å². The summed E-state index contributed by atoms with van der Waals surface area (Å²) in [6.45, 7) is 3.63. The molecular formula is C23H28FN3O. The highest BCUT2D eigenvalue weighted by Gasteiger charge is 2.31. The Morgan fingerprint density at radius 3 is 2.54 bits per heavy atom. The highest BCUT2D eigenvalue weighted by atomic mass is 19.1. The third-order valence-electron chi connectivity index (χ3n) is 6.13. The van der Waals surface area contributed by atoms with Gasteiger partial charge < -0.3 is 9.80 Å². The molecule has 1 atom stereocenters. The van der Waals surface area contributed by atoms with Crippen molar-refractivity contribution in [2.45, 2.75) is 31.6 Å². The molecule has 0 saturated carbocycles. The van der Waals surface area contributed by atoms with Crippen LogP contribution in [-0.2, 0) is 4.79 Å². The Hall–Kier alpha value is -2.27. The lowest BCUT2D eigenvalue weighted by molar-refractivity contribution is -0.138. The maximum atomic E-state index is 13.2. The van der Waals surface area contributed by atoms with Crippen molar-refractivity contribution in [2.75, 3.05) is 33.2 Å².